The summed E-state index contributed by atoms with van der Waals surface area (Å²) in [7, 11) is 1.30. The van der Waals surface area contributed by atoms with E-state index >= 15 is 0 Å². The van der Waals surface area contributed by atoms with Crippen LogP contribution in [0.25, 0.3) is 0 Å². The number of nitrogens with one attached hydrogen (secondary N) is 1. The number of amides is 1. The highest BCUT2D eigenvalue weighted by atomic mass is 16.5. The zero-order chi connectivity index (χ0) is 7.61. The van der Waals surface area contributed by atoms with E-state index in [1.54, 1.807) is 0 Å². The number of carbonyl (C=O) groups is 1. The molecule has 0 spiro atoms. The molecule has 0 saturated heterocycles. The highest BCUT2D eigenvalue weighted by Crippen LogP contribution is 2.35. The summed E-state index contributed by atoms with van der Waals surface area (Å²) in [5, 5.41) is 2.30. The lowest BCUT2D eigenvalue weighted by Gasteiger charge is -2.08. The molecule has 0 unspecified atom stereocenters. The fraction of sp³-hybridized carbons (Fsp3) is 0.667. The van der Waals surface area contributed by atoms with E-state index in [0.717, 1.165) is 0 Å². The quantitative estimate of drug-likeness (QED) is 0.420. The summed E-state index contributed by atoms with van der Waals surface area (Å²) in [6, 6.07) is 0. The van der Waals surface area contributed by atoms with Crippen LogP contribution in [0.15, 0.2) is 0 Å². The Labute approximate surface area is 58.5 Å². The van der Waals surface area contributed by atoms with Gasteiger partial charge in [-0.25, -0.2) is 4.79 Å². The van der Waals surface area contributed by atoms with E-state index in [1.165, 1.54) is 13.5 Å². The number of esters is 1. The molecular weight excluding hydrogens is 134 g/mol. The van der Waals surface area contributed by atoms with Gasteiger partial charge in [-0.15, -0.1) is 0 Å². The molecule has 0 atom stereocenters. The molecule has 1 aliphatic rings. The topological polar surface area (TPSA) is 55.4 Å². The van der Waals surface area contributed by atoms with Crippen LogP contribution in [0, 0.1) is 0 Å². The maximum absolute atomic E-state index is 10.8. The van der Waals surface area contributed by atoms with Crippen molar-refractivity contribution >= 4 is 12.4 Å². The van der Waals surface area contributed by atoms with Gasteiger partial charge in [0.2, 0.25) is 0 Å². The van der Waals surface area contributed by atoms with Crippen molar-refractivity contribution < 1.29 is 14.3 Å². The molecule has 1 amide bonds. The third-order valence-corrected chi connectivity index (χ3v) is 1.62. The van der Waals surface area contributed by atoms with Gasteiger partial charge in [0.15, 0.2) is 0 Å². The van der Waals surface area contributed by atoms with E-state index in [0.29, 0.717) is 12.8 Å². The average molecular weight is 142 g/mol. The van der Waals surface area contributed by atoms with Crippen molar-refractivity contribution in [1.29, 1.82) is 0 Å². The van der Waals surface area contributed by atoms with Crippen molar-refractivity contribution in [3.05, 3.63) is 0 Å². The van der Waals surface area contributed by atoms with Crippen LogP contribution in [0.2, 0.25) is 0 Å². The van der Waals surface area contributed by atoms with Crippen LogP contribution in [0.4, 0.5) is 0 Å². The molecule has 55 valence electrons. The second-order valence-electron chi connectivity index (χ2n) is 2.30. The first-order valence-corrected chi connectivity index (χ1v) is 2.98. The van der Waals surface area contributed by atoms with E-state index in [4.69, 9.17) is 0 Å². The molecule has 10 heavy (non-hydrogen) atoms. The largest absolute Gasteiger partial charge is 0.467 e. The Morgan fingerprint density at radius 2 is 2.30 bits per heavy atom. The Kier molecular flexibility index (Phi) is 1.61. The Balaban J connectivity index is 2.51. The molecule has 1 fully saturated rings. The zero-order valence-electron chi connectivity index (χ0n) is 5.64. The molecule has 1 aliphatic carbocycles. The number of methoxy groups -OCH3 is 1. The Bertz CT molecular complexity index is 162. The van der Waals surface area contributed by atoms with Crippen LogP contribution in [0.1, 0.15) is 12.8 Å². The first kappa shape index (κ1) is 7.05. The van der Waals surface area contributed by atoms with E-state index < -0.39 is 5.54 Å². The second-order valence-corrected chi connectivity index (χ2v) is 2.30. The first-order valence-electron chi connectivity index (χ1n) is 2.98. The minimum Gasteiger partial charge on any atom is -0.467 e. The van der Waals surface area contributed by atoms with Crippen molar-refractivity contribution in [2.75, 3.05) is 7.11 Å². The number of hydrogen-bond acceptors (Lipinski definition) is 3. The molecule has 0 heterocycles. The molecule has 1 rings (SSSR count). The lowest BCUT2D eigenvalue weighted by atomic mass is 10.3. The predicted octanol–water partition coefficient (Wildman–Crippen LogP) is -0.651. The Hall–Kier alpha value is -1.06. The van der Waals surface area contributed by atoms with Gasteiger partial charge in [0.25, 0.3) is 0 Å². The summed E-state index contributed by atoms with van der Waals surface area (Å²) < 4.78 is 4.45. The zero-order valence-corrected chi connectivity index (χ0v) is 5.64. The summed E-state index contributed by atoms with van der Waals surface area (Å²) in [6.45, 7) is 0. The summed E-state index contributed by atoms with van der Waals surface area (Å²) >= 11 is 0. The van der Waals surface area contributed by atoms with Gasteiger partial charge in [0.1, 0.15) is 5.54 Å². The van der Waals surface area contributed by atoms with Gasteiger partial charge in [-0.2, -0.15) is 0 Å². The van der Waals surface area contributed by atoms with Gasteiger partial charge in [0, 0.05) is 0 Å². The van der Waals surface area contributed by atoms with Crippen LogP contribution < -0.4 is 5.32 Å². The molecule has 1 N–H and O–H groups in total. The molecule has 4 heteroatoms. The summed E-state index contributed by atoms with van der Waals surface area (Å²) in [4.78, 5) is 20.7. The molecule has 0 aromatic carbocycles. The lowest BCUT2D eigenvalue weighted by molar-refractivity contribution is -0.143. The smallest absolute Gasteiger partial charge is 0.331 e. The van der Waals surface area contributed by atoms with Gasteiger partial charge in [-0.3, -0.25) is 4.79 Å². The molecule has 4 nitrogen and oxygen atoms in total. The average Bonchev–Trinajstić information content (AvgIpc) is 2.69. The highest BCUT2D eigenvalue weighted by Gasteiger charge is 2.51. The van der Waals surface area contributed by atoms with Crippen molar-refractivity contribution in [3.8, 4) is 0 Å². The summed E-state index contributed by atoms with van der Waals surface area (Å²) in [6.07, 6.45) is 2.81. The van der Waals surface area contributed by atoms with Gasteiger partial charge in [-0.1, -0.05) is 0 Å². The molecule has 0 aromatic rings. The number of rotatable bonds is 3. The molecule has 1 saturated carbocycles. The van der Waals surface area contributed by atoms with Crippen molar-refractivity contribution in [3.63, 3.8) is 0 Å². The van der Waals surface area contributed by atoms with Crippen LogP contribution in [-0.2, 0) is 14.3 Å². The summed E-state index contributed by atoms with van der Waals surface area (Å²) in [5.41, 5.74) is -0.726. The van der Waals surface area contributed by atoms with E-state index in [1.807, 2.05) is 0 Å². The molecule has 0 aromatic heterocycles. The fourth-order valence-electron chi connectivity index (χ4n) is 0.798. The molecule has 0 bridgehead atoms. The Morgan fingerprint density at radius 1 is 1.70 bits per heavy atom. The number of hydrogen-bond donors (Lipinski definition) is 1. The molecular formula is C6H8NO3. The first-order chi connectivity index (χ1) is 4.75. The maximum atomic E-state index is 10.8. The van der Waals surface area contributed by atoms with Gasteiger partial charge < -0.3 is 10.1 Å². The number of carbonyl (C=O) groups excluding carboxylic acids is 2. The van der Waals surface area contributed by atoms with Crippen molar-refractivity contribution in [1.82, 2.24) is 5.32 Å². The third-order valence-electron chi connectivity index (χ3n) is 1.62. The summed E-state index contributed by atoms with van der Waals surface area (Å²) in [5.74, 6) is -0.379. The SMILES string of the molecule is COC(=O)C1(N[C]=O)CC1. The third kappa shape index (κ3) is 0.964. The maximum Gasteiger partial charge on any atom is 0.331 e. The van der Waals surface area contributed by atoms with Crippen LogP contribution in [0.3, 0.4) is 0 Å². The second kappa shape index (κ2) is 2.28. The van der Waals surface area contributed by atoms with Gasteiger partial charge in [0.05, 0.1) is 7.11 Å². The molecule has 1 radical (unpaired) electrons. The van der Waals surface area contributed by atoms with Gasteiger partial charge >= 0.3 is 12.4 Å². The lowest BCUT2D eigenvalue weighted by Crippen LogP contribution is -2.39. The van der Waals surface area contributed by atoms with Crippen LogP contribution in [-0.4, -0.2) is 25.0 Å². The minimum atomic E-state index is -0.726. The predicted molar refractivity (Wildman–Crippen MR) is 32.8 cm³/mol. The van der Waals surface area contributed by atoms with Crippen LogP contribution >= 0.6 is 0 Å². The van der Waals surface area contributed by atoms with Gasteiger partial charge in [-0.05, 0) is 12.8 Å². The Morgan fingerprint density at radius 3 is 2.60 bits per heavy atom. The fourth-order valence-corrected chi connectivity index (χ4v) is 0.798. The normalized spacial score (nSPS) is 19.3. The standard InChI is InChI=1S/C6H8NO3/c1-10-5(9)6(2-3-6)7-4-8/h2-3H2,1H3,(H,7,8). The number of ether oxygens (including phenoxy) is 1. The monoisotopic (exact) mass is 142 g/mol. The van der Waals surface area contributed by atoms with Crippen molar-refractivity contribution in [2.45, 2.75) is 18.4 Å². The molecule has 0 aliphatic heterocycles. The minimum absolute atomic E-state index is 0.379. The van der Waals surface area contributed by atoms with E-state index in [9.17, 15) is 9.59 Å². The van der Waals surface area contributed by atoms with Crippen molar-refractivity contribution in [2.24, 2.45) is 0 Å². The highest BCUT2D eigenvalue weighted by molar-refractivity contribution is 5.86. The van der Waals surface area contributed by atoms with E-state index in [-0.39, 0.29) is 5.97 Å². The van der Waals surface area contributed by atoms with E-state index in [2.05, 4.69) is 10.1 Å². The van der Waals surface area contributed by atoms with Crippen LogP contribution in [0.5, 0.6) is 0 Å².